The van der Waals surface area contributed by atoms with Crippen LogP contribution in [-0.2, 0) is 38.6 Å². The Morgan fingerprint density at radius 1 is 0.491 bits per heavy atom. The fraction of sp³-hybridized carbons (Fsp3) is 0.470. The van der Waals surface area contributed by atoms with E-state index < -0.39 is 15.3 Å². The molecule has 6 aromatic rings. The Balaban J connectivity index is 0.000000141. The van der Waals surface area contributed by atoms with Crippen molar-refractivity contribution in [3.05, 3.63) is 181 Å². The highest BCUT2D eigenvalue weighted by Gasteiger charge is 2.55. The summed E-state index contributed by atoms with van der Waals surface area (Å²) in [4.78, 5) is 74.3. The third-order valence-electron chi connectivity index (χ3n) is 23.6. The predicted molar refractivity (Wildman–Crippen MR) is 397 cm³/mol. The number of benzene rings is 3. The fourth-order valence-corrected chi connectivity index (χ4v) is 21.1. The largest absolute Gasteiger partial charge is 0.461 e. The number of alkyl carbamates (subject to hydrolysis) is 3. The van der Waals surface area contributed by atoms with Crippen molar-refractivity contribution in [3.63, 3.8) is 0 Å². The Morgan fingerprint density at radius 2 is 0.896 bits per heavy atom. The number of carbonyl (C=O) groups is 5. The molecule has 6 aliphatic carbocycles. The van der Waals surface area contributed by atoms with Crippen molar-refractivity contribution in [1.29, 1.82) is 0 Å². The highest BCUT2D eigenvalue weighted by Crippen LogP contribution is 2.54. The van der Waals surface area contributed by atoms with Crippen LogP contribution in [0.1, 0.15) is 121 Å². The monoisotopic (exact) mass is 1470 g/mol. The molecule has 3 saturated heterocycles. The van der Waals surface area contributed by atoms with Gasteiger partial charge in [0.05, 0.1) is 48.6 Å². The lowest BCUT2D eigenvalue weighted by Crippen LogP contribution is -2.49. The van der Waals surface area contributed by atoms with Gasteiger partial charge in [-0.25, -0.2) is 40.7 Å². The van der Waals surface area contributed by atoms with Gasteiger partial charge in [0.2, 0.25) is 15.9 Å². The smallest absolute Gasteiger partial charge is 0.407 e. The maximum absolute atomic E-state index is 13.6. The molecule has 106 heavy (non-hydrogen) atoms. The maximum Gasteiger partial charge on any atom is 0.407 e. The number of amides is 4. The second kappa shape index (κ2) is 34.1. The van der Waals surface area contributed by atoms with Crippen LogP contribution in [0.25, 0.3) is 51.6 Å². The fourth-order valence-electron chi connectivity index (χ4n) is 19.0. The highest BCUT2D eigenvalue weighted by molar-refractivity contribution is 7.90. The summed E-state index contributed by atoms with van der Waals surface area (Å²) in [6.45, 7) is 7.65. The van der Waals surface area contributed by atoms with Crippen molar-refractivity contribution < 1.29 is 64.5 Å². The van der Waals surface area contributed by atoms with Gasteiger partial charge in [0.1, 0.15) is 23.6 Å². The van der Waals surface area contributed by atoms with Crippen LogP contribution in [0.15, 0.2) is 146 Å². The molecule has 0 bridgehead atoms. The number of aromatic nitrogens is 3. The number of hydrogen-bond donors (Lipinski definition) is 5. The van der Waals surface area contributed by atoms with Gasteiger partial charge in [0.25, 0.3) is 0 Å². The average Bonchev–Trinajstić information content (AvgIpc) is 1.54. The molecule has 3 aliphatic heterocycles. The van der Waals surface area contributed by atoms with Gasteiger partial charge in [0, 0.05) is 84.2 Å². The predicted octanol–water partition coefficient (Wildman–Crippen LogP) is 14.6. The summed E-state index contributed by atoms with van der Waals surface area (Å²) < 4.78 is 90.3. The van der Waals surface area contributed by atoms with Crippen molar-refractivity contribution >= 4 is 58.4 Å². The van der Waals surface area contributed by atoms with E-state index in [0.717, 1.165) is 134 Å². The van der Waals surface area contributed by atoms with Gasteiger partial charge in [0.15, 0.2) is 0 Å². The van der Waals surface area contributed by atoms with E-state index in [4.69, 9.17) is 18.9 Å². The molecule has 3 aromatic heterocycles. The SMILES string of the molecule is CCOC(=O)N[C@@H]1CC[C@@H]2[C@@H](C1)C[C@@H]1CC(=O)O[C@@H]1[C@H]2/C=C/c1ccc(-c2cccc(F)c2)cn1.CCOC(=O)N[C@@H]1CC[C@@H]2[C@@H](C1)C[C@@H]1CNC(=O)[C@@H]1[C@H]2/C=C/c1ccc(-c2cccc(F)c2)cn1.CCOC(=O)N[C@@H]1CC[C@@H]2[C@@H](C1)C[C@@H]1CNS(=O)(=O)[C@@H]1[C@H]2/C=C/c1ccc(-c2cccc(F)c2)cn1. The lowest BCUT2D eigenvalue weighted by Gasteiger charge is -2.47. The highest BCUT2D eigenvalue weighted by atomic mass is 32.2. The van der Waals surface area contributed by atoms with E-state index >= 15 is 0 Å². The first-order valence-electron chi connectivity index (χ1n) is 37.8. The molecule has 5 N–H and O–H groups in total. The molecule has 6 saturated carbocycles. The van der Waals surface area contributed by atoms with Crippen molar-refractivity contribution in [3.8, 4) is 33.4 Å². The van der Waals surface area contributed by atoms with Crippen LogP contribution in [0.2, 0.25) is 0 Å². The zero-order chi connectivity index (χ0) is 74.0. The number of allylic oxidation sites excluding steroid dienone is 2. The molecule has 23 heteroatoms. The third kappa shape index (κ3) is 18.1. The van der Waals surface area contributed by atoms with Gasteiger partial charge >= 0.3 is 24.2 Å². The Bertz CT molecular complexity index is 4270. The molecule has 9 fully saturated rings. The average molecular weight is 1470 g/mol. The summed E-state index contributed by atoms with van der Waals surface area (Å²) in [7, 11) is -3.38. The Kier molecular flexibility index (Phi) is 24.2. The van der Waals surface area contributed by atoms with Crippen LogP contribution < -0.4 is 26.0 Å². The molecule has 6 heterocycles. The van der Waals surface area contributed by atoms with E-state index in [1.54, 1.807) is 50.6 Å². The molecule has 18 atom stereocenters. The summed E-state index contributed by atoms with van der Waals surface area (Å²) >= 11 is 0. The topological polar surface area (TPSA) is 255 Å². The summed E-state index contributed by atoms with van der Waals surface area (Å²) in [5.74, 6) is 2.17. The van der Waals surface area contributed by atoms with Gasteiger partial charge in [-0.1, -0.05) is 72.8 Å². The minimum atomic E-state index is -3.38. The number of pyridine rings is 3. The second-order valence-electron chi connectivity index (χ2n) is 29.9. The normalized spacial score (nSPS) is 30.2. The second-order valence-corrected chi connectivity index (χ2v) is 31.8. The summed E-state index contributed by atoms with van der Waals surface area (Å²) in [5, 5.41) is 11.6. The lowest BCUT2D eigenvalue weighted by molar-refractivity contribution is -0.145. The number of esters is 1. The van der Waals surface area contributed by atoms with Gasteiger partial charge in [-0.2, -0.15) is 0 Å². The standard InChI is InChI=1S/C28H32FN3O3.C28H31FN2O4.C27H32FN3O4S/c1-2-35-28(34)32-23-9-10-24-19(14-23)12-20-16-31-27(33)26(20)25(24)11-8-22-7-6-18(15-30-22)17-4-3-5-21(29)13-17;1-2-34-28(33)31-23-9-10-24-19(14-23)12-20-15-26(32)35-27(20)25(24)11-8-22-7-6-18(16-30-22)17-4-3-5-21(29)13-17;1-2-35-27(32)31-23-9-10-24-19(14-23)12-20-16-30-36(33,34)26(20)25(24)11-8-22-7-6-18(15-29-22)17-4-3-5-21(28)13-17/h3-8,11,13,15,19-20,23-26H,2,9-10,12,14,16H2,1H3,(H,31,33)(H,32,34);3-8,11,13,16,19-20,23-25,27H,2,9-10,12,14-15H2,1H3,(H,31,33);3-8,11,13,15,19-20,23-26,30H,2,9-10,12,14,16H2,1H3,(H,31,32)/b3*11-8+/t19-,20-,23-,24-,25+,26+;19-,20-,23-,24-,25+,27+;19-,20-,23-,24-,25+,26+/m111/s1. The Labute approximate surface area is 618 Å². The van der Waals surface area contributed by atoms with Crippen LogP contribution in [0, 0.1) is 94.4 Å². The molecule has 9 aliphatic rings. The van der Waals surface area contributed by atoms with E-state index in [-0.39, 0.29) is 113 Å². The van der Waals surface area contributed by atoms with Gasteiger partial charge < -0.3 is 40.2 Å². The number of hydrogen-bond acceptors (Lipinski definition) is 14. The minimum Gasteiger partial charge on any atom is -0.461 e. The van der Waals surface area contributed by atoms with Crippen LogP contribution in [0.3, 0.4) is 0 Å². The molecular weight excluding hydrogens is 1370 g/mol. The molecule has 0 spiro atoms. The number of nitrogens with one attached hydrogen (secondary N) is 5. The van der Waals surface area contributed by atoms with E-state index in [9.17, 15) is 45.6 Å². The summed E-state index contributed by atoms with van der Waals surface area (Å²) in [6, 6.07) is 31.1. The number of rotatable bonds is 15. The molecule has 15 rings (SSSR count). The molecule has 560 valence electrons. The molecule has 3 aromatic carbocycles. The number of carbonyl (C=O) groups excluding carboxylic acids is 5. The first-order chi connectivity index (χ1) is 51.3. The number of sulfonamides is 1. The molecule has 19 nitrogen and oxygen atoms in total. The van der Waals surface area contributed by atoms with Crippen LogP contribution in [0.5, 0.6) is 0 Å². The quantitative estimate of drug-likeness (QED) is 0.0474. The zero-order valence-corrected chi connectivity index (χ0v) is 60.9. The third-order valence-corrected chi connectivity index (χ3v) is 25.6. The molecular formula is C83H95F3N8O11S. The van der Waals surface area contributed by atoms with Crippen molar-refractivity contribution in [2.75, 3.05) is 32.9 Å². The minimum absolute atomic E-state index is 0.00590. The summed E-state index contributed by atoms with van der Waals surface area (Å²) in [5.41, 5.74) is 7.24. The molecule has 4 amide bonds. The Morgan fingerprint density at radius 3 is 1.32 bits per heavy atom. The first kappa shape index (κ1) is 75.0. The van der Waals surface area contributed by atoms with E-state index in [1.165, 1.54) is 36.4 Å². The van der Waals surface area contributed by atoms with Gasteiger partial charge in [-0.3, -0.25) is 24.5 Å². The number of nitrogens with zero attached hydrogens (tertiary/aromatic N) is 3. The van der Waals surface area contributed by atoms with Gasteiger partial charge in [-0.05, 0) is 247 Å². The zero-order valence-electron chi connectivity index (χ0n) is 60.1. The van der Waals surface area contributed by atoms with Crippen LogP contribution >= 0.6 is 0 Å². The summed E-state index contributed by atoms with van der Waals surface area (Å²) in [6.07, 6.45) is 27.6. The van der Waals surface area contributed by atoms with Crippen molar-refractivity contribution in [1.82, 2.24) is 40.9 Å². The Hall–Kier alpha value is -9.22. The number of fused-ring (bicyclic) bond motifs is 6. The van der Waals surface area contributed by atoms with Gasteiger partial charge in [-0.15, -0.1) is 0 Å². The van der Waals surface area contributed by atoms with Crippen LogP contribution in [-0.4, -0.2) is 116 Å². The van der Waals surface area contributed by atoms with Crippen LogP contribution in [0.4, 0.5) is 27.6 Å². The van der Waals surface area contributed by atoms with E-state index in [2.05, 4.69) is 53.1 Å². The van der Waals surface area contributed by atoms with E-state index in [1.807, 2.05) is 85.8 Å². The van der Waals surface area contributed by atoms with E-state index in [0.29, 0.717) is 68.3 Å². The molecule has 0 radical (unpaired) electrons. The number of halogens is 3. The number of ether oxygens (including phenoxy) is 4. The lowest BCUT2D eigenvalue weighted by atomic mass is 9.58. The van der Waals surface area contributed by atoms with Crippen molar-refractivity contribution in [2.45, 2.75) is 134 Å². The maximum atomic E-state index is 13.6. The first-order valence-corrected chi connectivity index (χ1v) is 39.4. The molecule has 0 unspecified atom stereocenters. The van der Waals surface area contributed by atoms with Crippen molar-refractivity contribution in [2.24, 2.45) is 76.9 Å².